The second kappa shape index (κ2) is 4.81. The van der Waals surface area contributed by atoms with Crippen LogP contribution >= 0.6 is 0 Å². The zero-order chi connectivity index (χ0) is 10.7. The molecule has 0 spiro atoms. The van der Waals surface area contributed by atoms with Gasteiger partial charge in [0.25, 0.3) is 0 Å². The Kier molecular flexibility index (Phi) is 3.65. The Hall–Kier alpha value is -0.120. The number of ether oxygens (including phenoxy) is 1. The van der Waals surface area contributed by atoms with E-state index in [1.54, 1.807) is 0 Å². The molecule has 2 saturated heterocycles. The topological polar surface area (TPSA) is 24.5 Å². The molecule has 0 amide bonds. The normalized spacial score (nSPS) is 32.8. The van der Waals surface area contributed by atoms with Crippen LogP contribution in [0.25, 0.3) is 0 Å². The lowest BCUT2D eigenvalue weighted by Gasteiger charge is -2.31. The second-order valence-electron chi connectivity index (χ2n) is 5.63. The highest BCUT2D eigenvalue weighted by molar-refractivity contribution is 4.85. The highest BCUT2D eigenvalue weighted by Gasteiger charge is 2.26. The zero-order valence-electron chi connectivity index (χ0n) is 10.1. The predicted octanol–water partition coefficient (Wildman–Crippen LogP) is 1.10. The number of nitrogens with zero attached hydrogens (tertiary/aromatic N) is 1. The van der Waals surface area contributed by atoms with Crippen molar-refractivity contribution in [2.75, 3.05) is 39.4 Å². The minimum absolute atomic E-state index is 0.274. The van der Waals surface area contributed by atoms with E-state index in [-0.39, 0.29) is 5.54 Å². The maximum Gasteiger partial charge on any atom is 0.0507 e. The highest BCUT2D eigenvalue weighted by atomic mass is 16.5. The van der Waals surface area contributed by atoms with E-state index in [1.165, 1.54) is 32.5 Å². The van der Waals surface area contributed by atoms with Gasteiger partial charge in [0.1, 0.15) is 0 Å². The van der Waals surface area contributed by atoms with Crippen molar-refractivity contribution in [1.29, 1.82) is 0 Å². The van der Waals surface area contributed by atoms with Gasteiger partial charge in [-0.05, 0) is 45.7 Å². The predicted molar refractivity (Wildman–Crippen MR) is 62.1 cm³/mol. The summed E-state index contributed by atoms with van der Waals surface area (Å²) in [5.74, 6) is 0.777. The van der Waals surface area contributed by atoms with E-state index in [2.05, 4.69) is 24.1 Å². The van der Waals surface area contributed by atoms with Crippen molar-refractivity contribution in [2.45, 2.75) is 32.2 Å². The first kappa shape index (κ1) is 11.4. The van der Waals surface area contributed by atoms with Crippen molar-refractivity contribution < 1.29 is 4.74 Å². The van der Waals surface area contributed by atoms with Gasteiger partial charge in [0.2, 0.25) is 0 Å². The average Bonchev–Trinajstić information content (AvgIpc) is 2.58. The fourth-order valence-electron chi connectivity index (χ4n) is 2.67. The van der Waals surface area contributed by atoms with Crippen LogP contribution in [0.1, 0.15) is 26.7 Å². The third kappa shape index (κ3) is 3.44. The Labute approximate surface area is 93.2 Å². The van der Waals surface area contributed by atoms with E-state index in [0.717, 1.165) is 25.7 Å². The molecular weight excluding hydrogens is 188 g/mol. The van der Waals surface area contributed by atoms with Crippen LogP contribution in [-0.4, -0.2) is 49.8 Å². The third-order valence-corrected chi connectivity index (χ3v) is 3.41. The standard InChI is InChI=1S/C12H24N2O/c1-12(2)10-14(6-3-5-13-12)8-11-4-7-15-9-11/h11,13H,3-10H2,1-2H3. The Bertz CT molecular complexity index is 200. The molecule has 1 atom stereocenters. The molecule has 15 heavy (non-hydrogen) atoms. The van der Waals surface area contributed by atoms with Gasteiger partial charge in [0, 0.05) is 25.2 Å². The number of hydrogen-bond acceptors (Lipinski definition) is 3. The molecule has 2 aliphatic rings. The maximum atomic E-state index is 5.44. The molecule has 0 aromatic carbocycles. The van der Waals surface area contributed by atoms with E-state index in [4.69, 9.17) is 4.74 Å². The molecular formula is C12H24N2O. The van der Waals surface area contributed by atoms with E-state index >= 15 is 0 Å². The largest absolute Gasteiger partial charge is 0.381 e. The van der Waals surface area contributed by atoms with Crippen molar-refractivity contribution in [3.05, 3.63) is 0 Å². The smallest absolute Gasteiger partial charge is 0.0507 e. The van der Waals surface area contributed by atoms with Gasteiger partial charge < -0.3 is 15.0 Å². The lowest BCUT2D eigenvalue weighted by Crippen LogP contribution is -2.47. The summed E-state index contributed by atoms with van der Waals surface area (Å²) < 4.78 is 5.44. The minimum Gasteiger partial charge on any atom is -0.381 e. The van der Waals surface area contributed by atoms with Crippen LogP contribution in [-0.2, 0) is 4.74 Å². The first-order valence-electron chi connectivity index (χ1n) is 6.21. The molecule has 2 rings (SSSR count). The Morgan fingerprint density at radius 3 is 3.07 bits per heavy atom. The fraction of sp³-hybridized carbons (Fsp3) is 1.00. The lowest BCUT2D eigenvalue weighted by molar-refractivity contribution is 0.159. The van der Waals surface area contributed by atoms with E-state index in [0.29, 0.717) is 0 Å². The molecule has 3 nitrogen and oxygen atoms in total. The van der Waals surface area contributed by atoms with Crippen molar-refractivity contribution in [3.63, 3.8) is 0 Å². The fourth-order valence-corrected chi connectivity index (χ4v) is 2.67. The highest BCUT2D eigenvalue weighted by Crippen LogP contribution is 2.17. The molecule has 0 aliphatic carbocycles. The van der Waals surface area contributed by atoms with Gasteiger partial charge in [0.15, 0.2) is 0 Å². The summed E-state index contributed by atoms with van der Waals surface area (Å²) in [5.41, 5.74) is 0.274. The van der Waals surface area contributed by atoms with Crippen molar-refractivity contribution in [2.24, 2.45) is 5.92 Å². The van der Waals surface area contributed by atoms with Gasteiger partial charge in [-0.3, -0.25) is 0 Å². The monoisotopic (exact) mass is 212 g/mol. The SMILES string of the molecule is CC1(C)CN(CC2CCOC2)CCCN1. The van der Waals surface area contributed by atoms with E-state index in [9.17, 15) is 0 Å². The van der Waals surface area contributed by atoms with Crippen LogP contribution in [0, 0.1) is 5.92 Å². The van der Waals surface area contributed by atoms with Crippen LogP contribution in [0.3, 0.4) is 0 Å². The van der Waals surface area contributed by atoms with Gasteiger partial charge in [-0.25, -0.2) is 0 Å². The molecule has 2 heterocycles. The molecule has 2 aliphatic heterocycles. The van der Waals surface area contributed by atoms with E-state index < -0.39 is 0 Å². The first-order valence-corrected chi connectivity index (χ1v) is 6.21. The third-order valence-electron chi connectivity index (χ3n) is 3.41. The maximum absolute atomic E-state index is 5.44. The van der Waals surface area contributed by atoms with Crippen LogP contribution in [0.2, 0.25) is 0 Å². The van der Waals surface area contributed by atoms with Gasteiger partial charge in [0.05, 0.1) is 6.61 Å². The molecule has 0 aromatic rings. The van der Waals surface area contributed by atoms with Crippen LogP contribution < -0.4 is 5.32 Å². The van der Waals surface area contributed by atoms with Gasteiger partial charge in [-0.1, -0.05) is 0 Å². The number of hydrogen-bond donors (Lipinski definition) is 1. The van der Waals surface area contributed by atoms with Crippen LogP contribution in [0.4, 0.5) is 0 Å². The summed E-state index contributed by atoms with van der Waals surface area (Å²) in [6, 6.07) is 0. The van der Waals surface area contributed by atoms with Gasteiger partial charge in [-0.2, -0.15) is 0 Å². The molecule has 3 heteroatoms. The average molecular weight is 212 g/mol. The molecule has 0 saturated carbocycles. The van der Waals surface area contributed by atoms with Gasteiger partial charge in [-0.15, -0.1) is 0 Å². The molecule has 1 unspecified atom stereocenters. The Morgan fingerprint density at radius 1 is 1.47 bits per heavy atom. The van der Waals surface area contributed by atoms with Crippen molar-refractivity contribution >= 4 is 0 Å². The second-order valence-corrected chi connectivity index (χ2v) is 5.63. The molecule has 0 bridgehead atoms. The summed E-state index contributed by atoms with van der Waals surface area (Å²) in [6.07, 6.45) is 2.53. The number of rotatable bonds is 2. The van der Waals surface area contributed by atoms with Crippen molar-refractivity contribution in [3.8, 4) is 0 Å². The van der Waals surface area contributed by atoms with Crippen LogP contribution in [0.15, 0.2) is 0 Å². The molecule has 0 radical (unpaired) electrons. The molecule has 1 N–H and O–H groups in total. The van der Waals surface area contributed by atoms with E-state index in [1.807, 2.05) is 0 Å². The quantitative estimate of drug-likeness (QED) is 0.742. The molecule has 88 valence electrons. The first-order chi connectivity index (χ1) is 7.16. The summed E-state index contributed by atoms with van der Waals surface area (Å²) >= 11 is 0. The summed E-state index contributed by atoms with van der Waals surface area (Å²) in [6.45, 7) is 11.4. The Balaban J connectivity index is 1.84. The summed E-state index contributed by atoms with van der Waals surface area (Å²) in [5, 5.41) is 3.60. The molecule has 2 fully saturated rings. The molecule has 0 aromatic heterocycles. The summed E-state index contributed by atoms with van der Waals surface area (Å²) in [4.78, 5) is 2.61. The number of nitrogens with one attached hydrogen (secondary N) is 1. The van der Waals surface area contributed by atoms with Crippen LogP contribution in [0.5, 0.6) is 0 Å². The van der Waals surface area contributed by atoms with Gasteiger partial charge >= 0.3 is 0 Å². The lowest BCUT2D eigenvalue weighted by atomic mass is 10.0. The summed E-state index contributed by atoms with van der Waals surface area (Å²) in [7, 11) is 0. The van der Waals surface area contributed by atoms with Crippen molar-refractivity contribution in [1.82, 2.24) is 10.2 Å². The minimum atomic E-state index is 0.274. The Morgan fingerprint density at radius 2 is 2.33 bits per heavy atom. The zero-order valence-corrected chi connectivity index (χ0v) is 10.1.